The van der Waals surface area contributed by atoms with Crippen molar-refractivity contribution in [1.82, 2.24) is 19.7 Å². The fraction of sp³-hybridized carbons (Fsp3) is 0.0556. The van der Waals surface area contributed by atoms with Crippen molar-refractivity contribution in [3.63, 3.8) is 0 Å². The Morgan fingerprint density at radius 2 is 1.92 bits per heavy atom. The summed E-state index contributed by atoms with van der Waals surface area (Å²) in [4.78, 5) is 16.9. The van der Waals surface area contributed by atoms with E-state index < -0.39 is 0 Å². The number of aromatic amines is 1. The van der Waals surface area contributed by atoms with Crippen LogP contribution in [0.25, 0.3) is 22.3 Å². The van der Waals surface area contributed by atoms with Crippen molar-refractivity contribution < 1.29 is 9.18 Å². The lowest BCUT2D eigenvalue weighted by Crippen LogP contribution is -2.15. The van der Waals surface area contributed by atoms with Crippen LogP contribution in [0.4, 0.5) is 10.3 Å². The zero-order chi connectivity index (χ0) is 17.4. The van der Waals surface area contributed by atoms with Gasteiger partial charge in [0.1, 0.15) is 11.5 Å². The van der Waals surface area contributed by atoms with Crippen molar-refractivity contribution in [2.45, 2.75) is 0 Å². The molecule has 0 radical (unpaired) electrons. The van der Waals surface area contributed by atoms with Crippen LogP contribution in [-0.4, -0.2) is 25.7 Å². The molecule has 7 heteroatoms. The number of benzene rings is 2. The van der Waals surface area contributed by atoms with Crippen LogP contribution in [0.3, 0.4) is 0 Å². The topological polar surface area (TPSA) is 75.6 Å². The Morgan fingerprint density at radius 1 is 1.16 bits per heavy atom. The molecular weight excluding hydrogens is 321 g/mol. The van der Waals surface area contributed by atoms with E-state index in [1.807, 2.05) is 35.9 Å². The Balaban J connectivity index is 1.59. The third kappa shape index (κ3) is 2.76. The van der Waals surface area contributed by atoms with Crippen LogP contribution in [0, 0.1) is 5.82 Å². The minimum absolute atomic E-state index is 0.298. The maximum Gasteiger partial charge on any atom is 0.275 e. The molecular formula is C18H14FN5O. The van der Waals surface area contributed by atoms with Crippen molar-refractivity contribution in [2.24, 2.45) is 7.05 Å². The smallest absolute Gasteiger partial charge is 0.275 e. The number of hydrogen-bond acceptors (Lipinski definition) is 3. The van der Waals surface area contributed by atoms with E-state index in [4.69, 9.17) is 0 Å². The highest BCUT2D eigenvalue weighted by Crippen LogP contribution is 2.20. The van der Waals surface area contributed by atoms with Gasteiger partial charge < -0.3 is 4.57 Å². The van der Waals surface area contributed by atoms with E-state index in [2.05, 4.69) is 20.5 Å². The van der Waals surface area contributed by atoms with E-state index in [0.29, 0.717) is 17.3 Å². The molecule has 0 aliphatic heterocycles. The van der Waals surface area contributed by atoms with Gasteiger partial charge in [-0.05, 0) is 42.5 Å². The van der Waals surface area contributed by atoms with Crippen molar-refractivity contribution >= 4 is 22.9 Å². The molecule has 0 saturated heterocycles. The molecule has 0 unspecified atom stereocenters. The van der Waals surface area contributed by atoms with Crippen LogP contribution in [-0.2, 0) is 7.05 Å². The number of H-pyrrole nitrogens is 1. The Bertz CT molecular complexity index is 1060. The van der Waals surface area contributed by atoms with Crippen molar-refractivity contribution in [2.75, 3.05) is 5.32 Å². The van der Waals surface area contributed by atoms with E-state index in [9.17, 15) is 9.18 Å². The van der Waals surface area contributed by atoms with Gasteiger partial charge in [0.2, 0.25) is 5.95 Å². The molecule has 0 aliphatic carbocycles. The van der Waals surface area contributed by atoms with Gasteiger partial charge in [-0.25, -0.2) is 9.37 Å². The van der Waals surface area contributed by atoms with Crippen molar-refractivity contribution in [3.05, 3.63) is 66.1 Å². The van der Waals surface area contributed by atoms with Crippen LogP contribution in [0.2, 0.25) is 0 Å². The highest BCUT2D eigenvalue weighted by molar-refractivity contribution is 6.03. The van der Waals surface area contributed by atoms with Crippen LogP contribution < -0.4 is 5.32 Å². The lowest BCUT2D eigenvalue weighted by atomic mass is 10.1. The molecule has 2 N–H and O–H groups in total. The first-order valence-corrected chi connectivity index (χ1v) is 7.66. The Hall–Kier alpha value is -3.48. The number of fused-ring (bicyclic) bond motifs is 1. The lowest BCUT2D eigenvalue weighted by Gasteiger charge is -2.03. The van der Waals surface area contributed by atoms with Gasteiger partial charge in [-0.1, -0.05) is 12.1 Å². The van der Waals surface area contributed by atoms with Gasteiger partial charge in [0.05, 0.1) is 16.7 Å². The molecule has 4 aromatic rings. The number of rotatable bonds is 3. The molecule has 0 fully saturated rings. The summed E-state index contributed by atoms with van der Waals surface area (Å²) >= 11 is 0. The zero-order valence-electron chi connectivity index (χ0n) is 13.3. The maximum atomic E-state index is 13.0. The first kappa shape index (κ1) is 15.1. The van der Waals surface area contributed by atoms with Crippen LogP contribution in [0.1, 0.15) is 10.5 Å². The highest BCUT2D eigenvalue weighted by atomic mass is 19.1. The Morgan fingerprint density at radius 3 is 2.68 bits per heavy atom. The largest absolute Gasteiger partial charge is 0.313 e. The minimum Gasteiger partial charge on any atom is -0.313 e. The summed E-state index contributed by atoms with van der Waals surface area (Å²) in [5.41, 5.74) is 3.31. The number of halogens is 1. The van der Waals surface area contributed by atoms with Gasteiger partial charge >= 0.3 is 0 Å². The SMILES string of the molecule is Cn1c(NC(=O)c2cc(-c3ccc(F)cc3)n[nH]2)nc2ccccc21. The fourth-order valence-corrected chi connectivity index (χ4v) is 2.63. The number of anilines is 1. The first-order chi connectivity index (χ1) is 12.1. The van der Waals surface area contributed by atoms with Gasteiger partial charge in [-0.3, -0.25) is 15.2 Å². The van der Waals surface area contributed by atoms with Gasteiger partial charge in [0.25, 0.3) is 5.91 Å². The van der Waals surface area contributed by atoms with E-state index >= 15 is 0 Å². The predicted octanol–water partition coefficient (Wildman–Crippen LogP) is 3.35. The molecule has 2 aromatic carbocycles. The summed E-state index contributed by atoms with van der Waals surface area (Å²) in [6.45, 7) is 0. The molecule has 4 rings (SSSR count). The van der Waals surface area contributed by atoms with E-state index in [1.54, 1.807) is 18.2 Å². The summed E-state index contributed by atoms with van der Waals surface area (Å²) in [6.07, 6.45) is 0. The average molecular weight is 335 g/mol. The van der Waals surface area contributed by atoms with Gasteiger partial charge in [0.15, 0.2) is 0 Å². The summed E-state index contributed by atoms with van der Waals surface area (Å²) in [6, 6.07) is 15.2. The molecule has 124 valence electrons. The summed E-state index contributed by atoms with van der Waals surface area (Å²) in [5, 5.41) is 9.58. The van der Waals surface area contributed by atoms with E-state index in [0.717, 1.165) is 16.6 Å². The summed E-state index contributed by atoms with van der Waals surface area (Å²) in [7, 11) is 1.84. The van der Waals surface area contributed by atoms with Crippen LogP contribution in [0.5, 0.6) is 0 Å². The number of aromatic nitrogens is 4. The lowest BCUT2D eigenvalue weighted by molar-refractivity contribution is 0.102. The summed E-state index contributed by atoms with van der Waals surface area (Å²) in [5.74, 6) is -0.220. The zero-order valence-corrected chi connectivity index (χ0v) is 13.3. The van der Waals surface area contributed by atoms with Crippen LogP contribution >= 0.6 is 0 Å². The second-order valence-corrected chi connectivity index (χ2v) is 5.61. The maximum absolute atomic E-state index is 13.0. The number of carbonyl (C=O) groups is 1. The van der Waals surface area contributed by atoms with Gasteiger partial charge in [-0.2, -0.15) is 5.10 Å². The standard InChI is InChI=1S/C18H14FN5O/c1-24-16-5-3-2-4-13(16)20-18(24)21-17(25)15-10-14(22-23-15)11-6-8-12(19)9-7-11/h2-10H,1H3,(H,22,23)(H,20,21,25). The minimum atomic E-state index is -0.348. The number of aryl methyl sites for hydroxylation is 1. The number of carbonyl (C=O) groups excluding carboxylic acids is 1. The molecule has 6 nitrogen and oxygen atoms in total. The molecule has 0 bridgehead atoms. The average Bonchev–Trinajstić information content (AvgIpc) is 3.22. The summed E-state index contributed by atoms with van der Waals surface area (Å²) < 4.78 is 14.8. The third-order valence-corrected chi connectivity index (χ3v) is 3.97. The fourth-order valence-electron chi connectivity index (χ4n) is 2.63. The number of hydrogen-bond donors (Lipinski definition) is 2. The molecule has 2 aromatic heterocycles. The number of imidazole rings is 1. The highest BCUT2D eigenvalue weighted by Gasteiger charge is 2.15. The first-order valence-electron chi connectivity index (χ1n) is 7.66. The van der Waals surface area contributed by atoms with Crippen molar-refractivity contribution in [3.8, 4) is 11.3 Å². The molecule has 25 heavy (non-hydrogen) atoms. The number of para-hydroxylation sites is 2. The Kier molecular flexibility index (Phi) is 3.53. The number of amides is 1. The normalized spacial score (nSPS) is 11.0. The monoisotopic (exact) mass is 335 g/mol. The molecule has 2 heterocycles. The van der Waals surface area contributed by atoms with E-state index in [1.165, 1.54) is 12.1 Å². The molecule has 0 spiro atoms. The quantitative estimate of drug-likeness (QED) is 0.603. The molecule has 0 atom stereocenters. The van der Waals surface area contributed by atoms with E-state index in [-0.39, 0.29) is 11.7 Å². The Labute approximate surface area is 142 Å². The molecule has 0 saturated carbocycles. The second-order valence-electron chi connectivity index (χ2n) is 5.61. The third-order valence-electron chi connectivity index (χ3n) is 3.97. The second kappa shape index (κ2) is 5.86. The molecule has 0 aliphatic rings. The van der Waals surface area contributed by atoms with Gasteiger partial charge in [0, 0.05) is 12.6 Å². The number of nitrogens with one attached hydrogen (secondary N) is 2. The molecule has 1 amide bonds. The van der Waals surface area contributed by atoms with Crippen molar-refractivity contribution in [1.29, 1.82) is 0 Å². The number of nitrogens with zero attached hydrogens (tertiary/aromatic N) is 3. The van der Waals surface area contributed by atoms with Gasteiger partial charge in [-0.15, -0.1) is 0 Å². The predicted molar refractivity (Wildman–Crippen MR) is 92.6 cm³/mol. The van der Waals surface area contributed by atoms with Crippen LogP contribution in [0.15, 0.2) is 54.6 Å².